The molecule has 0 aliphatic heterocycles. The van der Waals surface area contributed by atoms with E-state index < -0.39 is 0 Å². The number of rotatable bonds is 6. The maximum atomic E-state index is 12.4. The molecule has 0 saturated heterocycles. The standard InChI is InChI=1S/C18H22ClN3O/c1-4-5-10-22(3)18(23)17-12-15(8-9-20-17)21-14-7-6-13(2)16(19)11-14/h6-9,11-12H,4-5,10H2,1-3H3,(H,20,21). The van der Waals surface area contributed by atoms with Crippen molar-refractivity contribution < 1.29 is 4.79 Å². The number of hydrogen-bond acceptors (Lipinski definition) is 3. The van der Waals surface area contributed by atoms with E-state index in [9.17, 15) is 4.79 Å². The Balaban J connectivity index is 2.13. The van der Waals surface area contributed by atoms with Crippen LogP contribution in [-0.4, -0.2) is 29.4 Å². The Labute approximate surface area is 142 Å². The summed E-state index contributed by atoms with van der Waals surface area (Å²) >= 11 is 6.14. The van der Waals surface area contributed by atoms with Crippen LogP contribution < -0.4 is 5.32 Å². The molecule has 1 heterocycles. The molecular formula is C18H22ClN3O. The molecule has 2 rings (SSSR count). The first kappa shape index (κ1) is 17.3. The van der Waals surface area contributed by atoms with Crippen LogP contribution in [0.4, 0.5) is 11.4 Å². The van der Waals surface area contributed by atoms with Gasteiger partial charge in [-0.25, -0.2) is 0 Å². The van der Waals surface area contributed by atoms with Crippen LogP contribution in [0, 0.1) is 6.92 Å². The van der Waals surface area contributed by atoms with Crippen molar-refractivity contribution in [3.63, 3.8) is 0 Å². The van der Waals surface area contributed by atoms with Gasteiger partial charge in [0, 0.05) is 36.2 Å². The van der Waals surface area contributed by atoms with Crippen LogP contribution in [0.1, 0.15) is 35.8 Å². The zero-order valence-corrected chi connectivity index (χ0v) is 14.5. The number of nitrogens with zero attached hydrogens (tertiary/aromatic N) is 2. The Morgan fingerprint density at radius 1 is 1.26 bits per heavy atom. The minimum atomic E-state index is -0.0657. The van der Waals surface area contributed by atoms with Crippen LogP contribution in [0.5, 0.6) is 0 Å². The number of nitrogens with one attached hydrogen (secondary N) is 1. The molecule has 1 aromatic heterocycles. The predicted octanol–water partition coefficient (Wildman–Crippen LogP) is 4.66. The highest BCUT2D eigenvalue weighted by Gasteiger charge is 2.13. The van der Waals surface area contributed by atoms with Crippen molar-refractivity contribution >= 4 is 28.9 Å². The van der Waals surface area contributed by atoms with Crippen LogP contribution >= 0.6 is 11.6 Å². The highest BCUT2D eigenvalue weighted by Crippen LogP contribution is 2.23. The Morgan fingerprint density at radius 3 is 2.70 bits per heavy atom. The number of carbonyl (C=O) groups excluding carboxylic acids is 1. The lowest BCUT2D eigenvalue weighted by Gasteiger charge is -2.16. The van der Waals surface area contributed by atoms with Crippen LogP contribution in [0.25, 0.3) is 0 Å². The molecule has 0 aliphatic carbocycles. The quantitative estimate of drug-likeness (QED) is 0.837. The molecule has 5 heteroatoms. The second-order valence-electron chi connectivity index (χ2n) is 5.60. The van der Waals surface area contributed by atoms with Crippen LogP contribution in [0.15, 0.2) is 36.5 Å². The number of benzene rings is 1. The lowest BCUT2D eigenvalue weighted by Crippen LogP contribution is -2.28. The molecule has 0 radical (unpaired) electrons. The molecule has 0 aliphatic rings. The fourth-order valence-electron chi connectivity index (χ4n) is 2.15. The van der Waals surface area contributed by atoms with E-state index in [1.807, 2.05) is 31.2 Å². The molecule has 2 aromatic rings. The lowest BCUT2D eigenvalue weighted by molar-refractivity contribution is 0.0787. The van der Waals surface area contributed by atoms with Gasteiger partial charge in [-0.3, -0.25) is 9.78 Å². The summed E-state index contributed by atoms with van der Waals surface area (Å²) in [7, 11) is 1.81. The Morgan fingerprint density at radius 2 is 2.00 bits per heavy atom. The van der Waals surface area contributed by atoms with E-state index in [2.05, 4.69) is 17.2 Å². The van der Waals surface area contributed by atoms with Crippen molar-refractivity contribution in [3.05, 3.63) is 52.8 Å². The van der Waals surface area contributed by atoms with Crippen molar-refractivity contribution in [3.8, 4) is 0 Å². The molecule has 23 heavy (non-hydrogen) atoms. The van der Waals surface area contributed by atoms with E-state index in [0.29, 0.717) is 10.7 Å². The van der Waals surface area contributed by atoms with Gasteiger partial charge in [-0.05, 0) is 43.2 Å². The SMILES string of the molecule is CCCCN(C)C(=O)c1cc(Nc2ccc(C)c(Cl)c2)ccn1. The number of carbonyl (C=O) groups is 1. The maximum absolute atomic E-state index is 12.4. The number of pyridine rings is 1. The number of aryl methyl sites for hydroxylation is 1. The second-order valence-corrected chi connectivity index (χ2v) is 6.01. The normalized spacial score (nSPS) is 10.4. The van der Waals surface area contributed by atoms with Crippen LogP contribution in [0.2, 0.25) is 5.02 Å². The number of amides is 1. The molecule has 0 unspecified atom stereocenters. The molecule has 122 valence electrons. The monoisotopic (exact) mass is 331 g/mol. The Bertz CT molecular complexity index is 688. The minimum absolute atomic E-state index is 0.0657. The summed E-state index contributed by atoms with van der Waals surface area (Å²) in [6.07, 6.45) is 3.68. The topological polar surface area (TPSA) is 45.2 Å². The smallest absolute Gasteiger partial charge is 0.272 e. The Kier molecular flexibility index (Phi) is 5.99. The molecule has 1 amide bonds. The largest absolute Gasteiger partial charge is 0.355 e. The number of hydrogen-bond donors (Lipinski definition) is 1. The van der Waals surface area contributed by atoms with Gasteiger partial charge in [0.2, 0.25) is 0 Å². The van der Waals surface area contributed by atoms with Crippen LogP contribution in [0.3, 0.4) is 0 Å². The summed E-state index contributed by atoms with van der Waals surface area (Å²) in [5, 5.41) is 3.96. The summed E-state index contributed by atoms with van der Waals surface area (Å²) in [4.78, 5) is 18.3. The van der Waals surface area contributed by atoms with Gasteiger partial charge in [0.25, 0.3) is 5.91 Å². The van der Waals surface area contributed by atoms with Gasteiger partial charge in [-0.15, -0.1) is 0 Å². The fourth-order valence-corrected chi connectivity index (χ4v) is 2.34. The van der Waals surface area contributed by atoms with Gasteiger partial charge in [-0.2, -0.15) is 0 Å². The van der Waals surface area contributed by atoms with Gasteiger partial charge in [0.05, 0.1) is 0 Å². The van der Waals surface area contributed by atoms with Crippen molar-refractivity contribution in [2.45, 2.75) is 26.7 Å². The third-order valence-corrected chi connectivity index (χ3v) is 4.04. The highest BCUT2D eigenvalue weighted by molar-refractivity contribution is 6.31. The van der Waals surface area contributed by atoms with Gasteiger partial charge >= 0.3 is 0 Å². The zero-order valence-electron chi connectivity index (χ0n) is 13.8. The molecule has 1 aromatic carbocycles. The fraction of sp³-hybridized carbons (Fsp3) is 0.333. The predicted molar refractivity (Wildman–Crippen MR) is 95.6 cm³/mol. The first-order valence-electron chi connectivity index (χ1n) is 7.76. The van der Waals surface area contributed by atoms with E-state index in [-0.39, 0.29) is 5.91 Å². The second kappa shape index (κ2) is 7.97. The van der Waals surface area contributed by atoms with E-state index in [0.717, 1.165) is 36.3 Å². The van der Waals surface area contributed by atoms with Gasteiger partial charge in [-0.1, -0.05) is 31.0 Å². The third-order valence-electron chi connectivity index (χ3n) is 3.63. The molecule has 4 nitrogen and oxygen atoms in total. The zero-order chi connectivity index (χ0) is 16.8. The summed E-state index contributed by atoms with van der Waals surface area (Å²) in [5.74, 6) is -0.0657. The van der Waals surface area contributed by atoms with Gasteiger partial charge < -0.3 is 10.2 Å². The molecule has 1 N–H and O–H groups in total. The van der Waals surface area contributed by atoms with E-state index in [4.69, 9.17) is 11.6 Å². The highest BCUT2D eigenvalue weighted by atomic mass is 35.5. The first-order chi connectivity index (χ1) is 11.0. The number of unbranched alkanes of at least 4 members (excludes halogenated alkanes) is 1. The van der Waals surface area contributed by atoms with Crippen molar-refractivity contribution in [1.29, 1.82) is 0 Å². The summed E-state index contributed by atoms with van der Waals surface area (Å²) in [6, 6.07) is 9.37. The summed E-state index contributed by atoms with van der Waals surface area (Å²) < 4.78 is 0. The molecule has 0 spiro atoms. The maximum Gasteiger partial charge on any atom is 0.272 e. The van der Waals surface area contributed by atoms with Gasteiger partial charge in [0.15, 0.2) is 0 Å². The van der Waals surface area contributed by atoms with Crippen molar-refractivity contribution in [2.24, 2.45) is 0 Å². The number of aromatic nitrogens is 1. The van der Waals surface area contributed by atoms with E-state index >= 15 is 0 Å². The number of halogens is 1. The first-order valence-corrected chi connectivity index (χ1v) is 8.13. The molecule has 0 saturated carbocycles. The molecule has 0 fully saturated rings. The molecule has 0 atom stereocenters. The van der Waals surface area contributed by atoms with Crippen molar-refractivity contribution in [2.75, 3.05) is 18.9 Å². The number of anilines is 2. The summed E-state index contributed by atoms with van der Waals surface area (Å²) in [5.41, 5.74) is 3.16. The molecular weight excluding hydrogens is 310 g/mol. The van der Waals surface area contributed by atoms with E-state index in [1.54, 1.807) is 24.2 Å². The lowest BCUT2D eigenvalue weighted by atomic mass is 10.2. The van der Waals surface area contributed by atoms with Crippen LogP contribution in [-0.2, 0) is 0 Å². The Hall–Kier alpha value is -2.07. The average Bonchev–Trinajstić information content (AvgIpc) is 2.55. The minimum Gasteiger partial charge on any atom is -0.355 e. The average molecular weight is 332 g/mol. The van der Waals surface area contributed by atoms with E-state index in [1.165, 1.54) is 0 Å². The third kappa shape index (κ3) is 4.70. The molecule has 0 bridgehead atoms. The summed E-state index contributed by atoms with van der Waals surface area (Å²) in [6.45, 7) is 4.80. The van der Waals surface area contributed by atoms with Crippen molar-refractivity contribution in [1.82, 2.24) is 9.88 Å². The van der Waals surface area contributed by atoms with Gasteiger partial charge in [0.1, 0.15) is 5.69 Å².